The Hall–Kier alpha value is -4.59. The van der Waals surface area contributed by atoms with Gasteiger partial charge in [0.15, 0.2) is 22.9 Å². The van der Waals surface area contributed by atoms with Gasteiger partial charge in [-0.3, -0.25) is 14.6 Å². The standard InChI is InChI=1S/C30H28N2O6/c1-18(2)17-37-22-8-4-6-20(14-22)26-25(28(34)30(35)32(26)16-19-10-12-31-13-11-19)27(33)24-15-21-7-5-9-23(36-3)29(21)38-24/h4-15,18,26,34H,16-17H2,1-3H3. The van der Waals surface area contributed by atoms with E-state index in [0.717, 1.165) is 5.56 Å². The van der Waals surface area contributed by atoms with Crippen LogP contribution in [0.1, 0.15) is 41.6 Å². The molecule has 5 rings (SSSR count). The number of aromatic nitrogens is 1. The third-order valence-corrected chi connectivity index (χ3v) is 6.36. The van der Waals surface area contributed by atoms with E-state index in [9.17, 15) is 14.7 Å². The number of ether oxygens (including phenoxy) is 2. The number of ketones is 1. The molecule has 1 aliphatic heterocycles. The lowest BCUT2D eigenvalue weighted by Crippen LogP contribution is -2.30. The smallest absolute Gasteiger partial charge is 0.290 e. The van der Waals surface area contributed by atoms with Gasteiger partial charge in [-0.1, -0.05) is 38.1 Å². The van der Waals surface area contributed by atoms with Crippen LogP contribution in [0, 0.1) is 5.92 Å². The summed E-state index contributed by atoms with van der Waals surface area (Å²) in [5.74, 6) is -0.410. The monoisotopic (exact) mass is 512 g/mol. The molecule has 0 aliphatic carbocycles. The molecule has 8 heteroatoms. The van der Waals surface area contributed by atoms with Crippen molar-refractivity contribution in [3.05, 3.63) is 101 Å². The van der Waals surface area contributed by atoms with Crippen molar-refractivity contribution < 1.29 is 28.6 Å². The number of pyridine rings is 1. The zero-order chi connectivity index (χ0) is 26.8. The van der Waals surface area contributed by atoms with E-state index in [0.29, 0.717) is 40.6 Å². The van der Waals surface area contributed by atoms with Crippen LogP contribution < -0.4 is 9.47 Å². The topological polar surface area (TPSA) is 102 Å². The first-order chi connectivity index (χ1) is 18.4. The molecule has 1 aliphatic rings. The molecule has 38 heavy (non-hydrogen) atoms. The predicted octanol–water partition coefficient (Wildman–Crippen LogP) is 5.65. The van der Waals surface area contributed by atoms with Crippen molar-refractivity contribution >= 4 is 22.7 Å². The van der Waals surface area contributed by atoms with Crippen LogP contribution in [0.15, 0.2) is 88.8 Å². The van der Waals surface area contributed by atoms with E-state index in [2.05, 4.69) is 18.8 Å². The van der Waals surface area contributed by atoms with E-state index in [-0.39, 0.29) is 17.9 Å². The summed E-state index contributed by atoms with van der Waals surface area (Å²) in [6, 6.07) is 16.9. The van der Waals surface area contributed by atoms with Crippen LogP contribution in [0.5, 0.6) is 11.5 Å². The van der Waals surface area contributed by atoms with Gasteiger partial charge in [0.05, 0.1) is 25.3 Å². The second kappa shape index (κ2) is 10.4. The summed E-state index contributed by atoms with van der Waals surface area (Å²) >= 11 is 0. The van der Waals surface area contributed by atoms with E-state index < -0.39 is 23.5 Å². The summed E-state index contributed by atoms with van der Waals surface area (Å²) in [4.78, 5) is 32.8. The zero-order valence-electron chi connectivity index (χ0n) is 21.4. The van der Waals surface area contributed by atoms with E-state index in [1.807, 2.05) is 18.2 Å². The van der Waals surface area contributed by atoms with Crippen LogP contribution in [0.4, 0.5) is 0 Å². The van der Waals surface area contributed by atoms with Gasteiger partial charge in [-0.05, 0) is 53.4 Å². The fraction of sp³-hybridized carbons (Fsp3) is 0.233. The molecule has 1 N–H and O–H groups in total. The van der Waals surface area contributed by atoms with Gasteiger partial charge in [-0.2, -0.15) is 0 Å². The van der Waals surface area contributed by atoms with Gasteiger partial charge in [-0.15, -0.1) is 0 Å². The highest BCUT2D eigenvalue weighted by Gasteiger charge is 2.44. The number of amides is 1. The number of Topliss-reactive ketones (excluding diaryl/α,β-unsaturated/α-hetero) is 1. The van der Waals surface area contributed by atoms with Crippen molar-refractivity contribution in [1.82, 2.24) is 9.88 Å². The molecule has 4 aromatic rings. The van der Waals surface area contributed by atoms with Crippen molar-refractivity contribution in [3.8, 4) is 11.5 Å². The van der Waals surface area contributed by atoms with Gasteiger partial charge in [-0.25, -0.2) is 0 Å². The van der Waals surface area contributed by atoms with Crippen LogP contribution in [-0.2, 0) is 11.3 Å². The van der Waals surface area contributed by atoms with Crippen LogP contribution in [0.2, 0.25) is 0 Å². The first-order valence-electron chi connectivity index (χ1n) is 12.3. The lowest BCUT2D eigenvalue weighted by Gasteiger charge is -2.27. The molecule has 2 aromatic heterocycles. The molecular weight excluding hydrogens is 484 g/mol. The minimum Gasteiger partial charge on any atom is -0.503 e. The summed E-state index contributed by atoms with van der Waals surface area (Å²) in [7, 11) is 1.52. The van der Waals surface area contributed by atoms with Gasteiger partial charge in [0.1, 0.15) is 5.75 Å². The van der Waals surface area contributed by atoms with E-state index >= 15 is 0 Å². The van der Waals surface area contributed by atoms with Crippen LogP contribution in [-0.4, -0.2) is 40.4 Å². The molecule has 1 unspecified atom stereocenters. The molecular formula is C30H28N2O6. The van der Waals surface area contributed by atoms with Crippen molar-refractivity contribution in [3.63, 3.8) is 0 Å². The Balaban J connectivity index is 1.59. The predicted molar refractivity (Wildman–Crippen MR) is 141 cm³/mol. The van der Waals surface area contributed by atoms with Gasteiger partial charge < -0.3 is 23.9 Å². The number of aliphatic hydroxyl groups is 1. The number of fused-ring (bicyclic) bond motifs is 1. The number of rotatable bonds is 9. The highest BCUT2D eigenvalue weighted by atomic mass is 16.5. The normalized spacial score (nSPS) is 15.5. The molecule has 0 saturated heterocycles. The second-order valence-corrected chi connectivity index (χ2v) is 9.55. The fourth-order valence-corrected chi connectivity index (χ4v) is 4.56. The fourth-order valence-electron chi connectivity index (χ4n) is 4.56. The molecule has 1 amide bonds. The van der Waals surface area contributed by atoms with Crippen molar-refractivity contribution in [2.45, 2.75) is 26.4 Å². The number of methoxy groups -OCH3 is 1. The summed E-state index contributed by atoms with van der Waals surface area (Å²) in [6.07, 6.45) is 3.26. The average molecular weight is 513 g/mol. The minimum atomic E-state index is -0.860. The number of para-hydroxylation sites is 1. The first-order valence-corrected chi connectivity index (χ1v) is 12.3. The Morgan fingerprint density at radius 1 is 1.11 bits per heavy atom. The number of hydrogen-bond acceptors (Lipinski definition) is 7. The number of aliphatic hydroxyl groups excluding tert-OH is 1. The van der Waals surface area contributed by atoms with Gasteiger partial charge in [0, 0.05) is 24.3 Å². The highest BCUT2D eigenvalue weighted by Crippen LogP contribution is 2.41. The van der Waals surface area contributed by atoms with Gasteiger partial charge in [0.25, 0.3) is 5.91 Å². The quantitative estimate of drug-likeness (QED) is 0.289. The Morgan fingerprint density at radius 3 is 2.61 bits per heavy atom. The Kier molecular flexibility index (Phi) is 6.87. The number of furan rings is 1. The number of carbonyl (C=O) groups is 2. The highest BCUT2D eigenvalue weighted by molar-refractivity contribution is 6.16. The summed E-state index contributed by atoms with van der Waals surface area (Å²) < 4.78 is 17.2. The molecule has 8 nitrogen and oxygen atoms in total. The van der Waals surface area contributed by atoms with Crippen LogP contribution >= 0.6 is 0 Å². The van der Waals surface area contributed by atoms with E-state index in [1.165, 1.54) is 12.0 Å². The molecule has 194 valence electrons. The van der Waals surface area contributed by atoms with Crippen LogP contribution in [0.3, 0.4) is 0 Å². The number of hydrogen-bond donors (Lipinski definition) is 1. The number of carbonyl (C=O) groups excluding carboxylic acids is 2. The average Bonchev–Trinajstić information content (AvgIpc) is 3.47. The Bertz CT molecular complexity index is 1520. The largest absolute Gasteiger partial charge is 0.503 e. The third kappa shape index (κ3) is 4.72. The molecule has 0 saturated carbocycles. The first kappa shape index (κ1) is 25.1. The van der Waals surface area contributed by atoms with Gasteiger partial charge in [0.2, 0.25) is 5.78 Å². The van der Waals surface area contributed by atoms with Crippen molar-refractivity contribution in [2.75, 3.05) is 13.7 Å². The molecule has 0 radical (unpaired) electrons. The summed E-state index contributed by atoms with van der Waals surface area (Å²) in [6.45, 7) is 4.78. The maximum atomic E-state index is 13.9. The summed E-state index contributed by atoms with van der Waals surface area (Å²) in [5.41, 5.74) is 1.80. The second-order valence-electron chi connectivity index (χ2n) is 9.55. The molecule has 0 bridgehead atoms. The molecule has 3 heterocycles. The maximum absolute atomic E-state index is 13.9. The van der Waals surface area contributed by atoms with Crippen molar-refractivity contribution in [2.24, 2.45) is 5.92 Å². The summed E-state index contributed by atoms with van der Waals surface area (Å²) in [5, 5.41) is 11.7. The van der Waals surface area contributed by atoms with E-state index in [4.69, 9.17) is 13.9 Å². The Labute approximate surface area is 220 Å². The van der Waals surface area contributed by atoms with E-state index in [1.54, 1.807) is 54.9 Å². The van der Waals surface area contributed by atoms with Crippen molar-refractivity contribution in [1.29, 1.82) is 0 Å². The molecule has 0 spiro atoms. The lowest BCUT2D eigenvalue weighted by molar-refractivity contribution is -0.130. The van der Waals surface area contributed by atoms with Crippen LogP contribution in [0.25, 0.3) is 11.0 Å². The molecule has 0 fully saturated rings. The van der Waals surface area contributed by atoms with Gasteiger partial charge >= 0.3 is 0 Å². The SMILES string of the molecule is COc1cccc2cc(C(=O)C3=C(O)C(=O)N(Cc4ccncc4)C3c3cccc(OCC(C)C)c3)oc12. The molecule has 2 aromatic carbocycles. The minimum absolute atomic E-state index is 0.00169. The zero-order valence-corrected chi connectivity index (χ0v) is 21.4. The lowest BCUT2D eigenvalue weighted by atomic mass is 9.94. The third-order valence-electron chi connectivity index (χ3n) is 6.36. The number of nitrogens with zero attached hydrogens (tertiary/aromatic N) is 2. The Morgan fingerprint density at radius 2 is 1.87 bits per heavy atom. The maximum Gasteiger partial charge on any atom is 0.290 e. The number of benzene rings is 2. The molecule has 1 atom stereocenters.